The Labute approximate surface area is 117 Å². The molecule has 0 aliphatic rings. The zero-order valence-corrected chi connectivity index (χ0v) is 10.9. The molecule has 0 aromatic heterocycles. The normalized spacial score (nSPS) is 10.9. The molecule has 0 amide bonds. The van der Waals surface area contributed by atoms with Crippen molar-refractivity contribution >= 4 is 32.3 Å². The third-order valence-corrected chi connectivity index (χ3v) is 3.91. The fourth-order valence-corrected chi connectivity index (χ4v) is 2.92. The van der Waals surface area contributed by atoms with Crippen LogP contribution in [0.2, 0.25) is 0 Å². The Hall–Kier alpha value is -2.78. The van der Waals surface area contributed by atoms with Crippen LogP contribution in [0.1, 0.15) is 5.56 Å². The van der Waals surface area contributed by atoms with E-state index in [-0.39, 0.29) is 0 Å². The van der Waals surface area contributed by atoms with Crippen LogP contribution in [0.3, 0.4) is 0 Å². The van der Waals surface area contributed by atoms with Crippen LogP contribution in [0.4, 0.5) is 0 Å². The molecule has 0 saturated heterocycles. The van der Waals surface area contributed by atoms with E-state index in [9.17, 15) is 0 Å². The maximum atomic E-state index is 5.48. The van der Waals surface area contributed by atoms with E-state index in [1.54, 1.807) is 0 Å². The predicted molar refractivity (Wildman–Crippen MR) is 86.9 cm³/mol. The maximum Gasteiger partial charge on any atom is 0.0248 e. The highest BCUT2D eigenvalue weighted by Gasteiger charge is 2.04. The molecule has 0 atom stereocenters. The SMILES string of the molecule is C#Cc1ccc2c(ccc3c4ccccc4ccc23)c1. The average molecular weight is 252 g/mol. The first-order valence-electron chi connectivity index (χ1n) is 6.68. The summed E-state index contributed by atoms with van der Waals surface area (Å²) in [5, 5.41) is 7.61. The molecular formula is C20H12. The van der Waals surface area contributed by atoms with Gasteiger partial charge in [0, 0.05) is 5.56 Å². The zero-order chi connectivity index (χ0) is 13.5. The molecule has 0 N–H and O–H groups in total. The van der Waals surface area contributed by atoms with Gasteiger partial charge in [-0.3, -0.25) is 0 Å². The molecular weight excluding hydrogens is 240 g/mol. The quantitative estimate of drug-likeness (QED) is 0.301. The van der Waals surface area contributed by atoms with E-state index in [4.69, 9.17) is 6.42 Å². The summed E-state index contributed by atoms with van der Waals surface area (Å²) < 4.78 is 0. The Morgan fingerprint density at radius 3 is 2.05 bits per heavy atom. The van der Waals surface area contributed by atoms with Crippen LogP contribution in [0.25, 0.3) is 32.3 Å². The van der Waals surface area contributed by atoms with Crippen LogP contribution < -0.4 is 0 Å². The molecule has 0 aliphatic carbocycles. The molecule has 0 heteroatoms. The van der Waals surface area contributed by atoms with Gasteiger partial charge in [-0.1, -0.05) is 60.5 Å². The number of rotatable bonds is 0. The largest absolute Gasteiger partial charge is 0.115 e. The van der Waals surface area contributed by atoms with Crippen molar-refractivity contribution in [2.24, 2.45) is 0 Å². The predicted octanol–water partition coefficient (Wildman–Crippen LogP) is 5.13. The van der Waals surface area contributed by atoms with E-state index in [2.05, 4.69) is 66.6 Å². The third kappa shape index (κ3) is 1.51. The lowest BCUT2D eigenvalue weighted by Crippen LogP contribution is -1.82. The molecule has 4 aromatic carbocycles. The first kappa shape index (κ1) is 11.1. The van der Waals surface area contributed by atoms with Crippen molar-refractivity contribution in [3.05, 3.63) is 72.3 Å². The second kappa shape index (κ2) is 4.11. The molecule has 4 aromatic rings. The molecule has 20 heavy (non-hydrogen) atoms. The van der Waals surface area contributed by atoms with Crippen LogP contribution in [0.5, 0.6) is 0 Å². The highest BCUT2D eigenvalue weighted by Crippen LogP contribution is 2.31. The Kier molecular flexibility index (Phi) is 2.28. The van der Waals surface area contributed by atoms with Gasteiger partial charge in [0.1, 0.15) is 0 Å². The Morgan fingerprint density at radius 1 is 0.600 bits per heavy atom. The number of terminal acetylenes is 1. The summed E-state index contributed by atoms with van der Waals surface area (Å²) in [6.45, 7) is 0. The molecule has 0 saturated carbocycles. The second-order valence-electron chi connectivity index (χ2n) is 5.03. The molecule has 0 spiro atoms. The minimum Gasteiger partial charge on any atom is -0.115 e. The minimum atomic E-state index is 0.928. The van der Waals surface area contributed by atoms with Crippen LogP contribution >= 0.6 is 0 Å². The number of fused-ring (bicyclic) bond motifs is 5. The Balaban J connectivity index is 2.21. The van der Waals surface area contributed by atoms with Crippen LogP contribution in [0.15, 0.2) is 66.7 Å². The van der Waals surface area contributed by atoms with Crippen molar-refractivity contribution < 1.29 is 0 Å². The van der Waals surface area contributed by atoms with Gasteiger partial charge >= 0.3 is 0 Å². The summed E-state index contributed by atoms with van der Waals surface area (Å²) in [7, 11) is 0. The summed E-state index contributed by atoms with van der Waals surface area (Å²) in [5.41, 5.74) is 0.928. The van der Waals surface area contributed by atoms with E-state index in [0.29, 0.717) is 0 Å². The van der Waals surface area contributed by atoms with Crippen molar-refractivity contribution in [1.82, 2.24) is 0 Å². The monoisotopic (exact) mass is 252 g/mol. The summed E-state index contributed by atoms with van der Waals surface area (Å²) in [5.74, 6) is 2.70. The maximum absolute atomic E-state index is 5.48. The van der Waals surface area contributed by atoms with Gasteiger partial charge in [0.2, 0.25) is 0 Å². The summed E-state index contributed by atoms with van der Waals surface area (Å²) >= 11 is 0. The van der Waals surface area contributed by atoms with Crippen LogP contribution in [-0.2, 0) is 0 Å². The van der Waals surface area contributed by atoms with Crippen LogP contribution in [-0.4, -0.2) is 0 Å². The Morgan fingerprint density at radius 2 is 1.25 bits per heavy atom. The molecule has 0 nitrogen and oxygen atoms in total. The molecule has 0 aliphatic heterocycles. The van der Waals surface area contributed by atoms with E-state index < -0.39 is 0 Å². The van der Waals surface area contributed by atoms with E-state index in [1.165, 1.54) is 32.3 Å². The number of benzene rings is 4. The van der Waals surface area contributed by atoms with Crippen LogP contribution in [0, 0.1) is 12.3 Å². The highest BCUT2D eigenvalue weighted by molar-refractivity contribution is 6.17. The van der Waals surface area contributed by atoms with Gasteiger partial charge in [-0.15, -0.1) is 6.42 Å². The lowest BCUT2D eigenvalue weighted by molar-refractivity contribution is 1.72. The van der Waals surface area contributed by atoms with Gasteiger partial charge in [-0.25, -0.2) is 0 Å². The van der Waals surface area contributed by atoms with E-state index in [1.807, 2.05) is 6.07 Å². The minimum absolute atomic E-state index is 0.928. The molecule has 4 rings (SSSR count). The van der Waals surface area contributed by atoms with Gasteiger partial charge in [0.05, 0.1) is 0 Å². The van der Waals surface area contributed by atoms with Crippen molar-refractivity contribution in [1.29, 1.82) is 0 Å². The molecule has 0 unspecified atom stereocenters. The number of hydrogen-bond acceptors (Lipinski definition) is 0. The Bertz CT molecular complexity index is 1000. The lowest BCUT2D eigenvalue weighted by Gasteiger charge is -2.07. The first-order valence-corrected chi connectivity index (χ1v) is 6.68. The third-order valence-electron chi connectivity index (χ3n) is 3.91. The van der Waals surface area contributed by atoms with E-state index >= 15 is 0 Å². The van der Waals surface area contributed by atoms with Gasteiger partial charge in [0.15, 0.2) is 0 Å². The standard InChI is InChI=1S/C20H12/c1-2-14-7-10-18-16(13-14)9-12-19-17-6-4-3-5-15(17)8-11-20(18)19/h1,3-13H. The highest BCUT2D eigenvalue weighted by atomic mass is 14.1. The molecule has 0 fully saturated rings. The van der Waals surface area contributed by atoms with Gasteiger partial charge in [0.25, 0.3) is 0 Å². The second-order valence-corrected chi connectivity index (χ2v) is 5.03. The van der Waals surface area contributed by atoms with Gasteiger partial charge in [-0.2, -0.15) is 0 Å². The topological polar surface area (TPSA) is 0 Å². The first-order chi connectivity index (χ1) is 9.86. The average Bonchev–Trinajstić information content (AvgIpc) is 2.53. The lowest BCUT2D eigenvalue weighted by atomic mass is 9.96. The fraction of sp³-hybridized carbons (Fsp3) is 0. The molecule has 0 bridgehead atoms. The van der Waals surface area contributed by atoms with Gasteiger partial charge < -0.3 is 0 Å². The molecule has 92 valence electrons. The zero-order valence-electron chi connectivity index (χ0n) is 10.9. The summed E-state index contributed by atoms with van der Waals surface area (Å²) in [4.78, 5) is 0. The van der Waals surface area contributed by atoms with Crippen molar-refractivity contribution in [3.8, 4) is 12.3 Å². The summed E-state index contributed by atoms with van der Waals surface area (Å²) in [6.07, 6.45) is 5.48. The number of hydrogen-bond donors (Lipinski definition) is 0. The van der Waals surface area contributed by atoms with E-state index in [0.717, 1.165) is 5.56 Å². The van der Waals surface area contributed by atoms with Crippen molar-refractivity contribution in [2.45, 2.75) is 0 Å². The smallest absolute Gasteiger partial charge is 0.0248 e. The summed E-state index contributed by atoms with van der Waals surface area (Å²) in [6, 6.07) is 23.5. The van der Waals surface area contributed by atoms with Crippen molar-refractivity contribution in [3.63, 3.8) is 0 Å². The molecule has 0 heterocycles. The van der Waals surface area contributed by atoms with Crippen molar-refractivity contribution in [2.75, 3.05) is 0 Å². The van der Waals surface area contributed by atoms with Gasteiger partial charge in [-0.05, 0) is 44.5 Å². The fourth-order valence-electron chi connectivity index (χ4n) is 2.92. The molecule has 0 radical (unpaired) electrons.